The number of hydrogen-bond donors (Lipinski definition) is 2. The van der Waals surface area contributed by atoms with Gasteiger partial charge in [-0.2, -0.15) is 5.26 Å². The topological polar surface area (TPSA) is 104 Å². The van der Waals surface area contributed by atoms with E-state index in [1.807, 2.05) is 6.07 Å². The van der Waals surface area contributed by atoms with Crippen molar-refractivity contribution in [1.29, 1.82) is 5.26 Å². The molecule has 33 heavy (non-hydrogen) atoms. The van der Waals surface area contributed by atoms with Gasteiger partial charge in [-0.1, -0.05) is 29.5 Å². The molecule has 168 valence electrons. The van der Waals surface area contributed by atoms with Crippen LogP contribution in [-0.4, -0.2) is 45.3 Å². The van der Waals surface area contributed by atoms with E-state index in [0.29, 0.717) is 43.1 Å². The third-order valence-corrected chi connectivity index (χ3v) is 5.24. The number of rotatable bonds is 10. The Morgan fingerprint density at radius 1 is 1.33 bits per heavy atom. The van der Waals surface area contributed by atoms with Crippen LogP contribution in [0.5, 0.6) is 5.75 Å². The predicted octanol–water partition coefficient (Wildman–Crippen LogP) is 3.76. The van der Waals surface area contributed by atoms with Crippen LogP contribution in [-0.2, 0) is 13.1 Å². The number of fused-ring (bicyclic) bond motifs is 1. The lowest BCUT2D eigenvalue weighted by atomic mass is 10.1. The van der Waals surface area contributed by atoms with E-state index in [1.54, 1.807) is 24.1 Å². The van der Waals surface area contributed by atoms with E-state index in [2.05, 4.69) is 56.4 Å². The summed E-state index contributed by atoms with van der Waals surface area (Å²) in [5.41, 5.74) is 5.39. The summed E-state index contributed by atoms with van der Waals surface area (Å²) in [6, 6.07) is 12.1. The Hall–Kier alpha value is -4.03. The molecule has 3 heterocycles. The van der Waals surface area contributed by atoms with Gasteiger partial charge in [-0.15, -0.1) is 5.10 Å². The van der Waals surface area contributed by atoms with E-state index < -0.39 is 0 Å². The lowest BCUT2D eigenvalue weighted by Crippen LogP contribution is -2.16. The summed E-state index contributed by atoms with van der Waals surface area (Å²) in [6.07, 6.45) is 3.68. The molecule has 0 bridgehead atoms. The largest absolute Gasteiger partial charge is 0.495 e. The fraction of sp³-hybridized carbons (Fsp3) is 0.250. The summed E-state index contributed by atoms with van der Waals surface area (Å²) in [7, 11) is 1.55. The van der Waals surface area contributed by atoms with Crippen molar-refractivity contribution in [2.24, 2.45) is 0 Å². The first kappa shape index (κ1) is 22.2. The van der Waals surface area contributed by atoms with Crippen LogP contribution in [0.4, 0.5) is 4.39 Å². The third-order valence-electron chi connectivity index (χ3n) is 5.24. The number of nitrogens with zero attached hydrogens (tertiary/aromatic N) is 5. The maximum atomic E-state index is 12.4. The number of ether oxygens (including phenoxy) is 1. The van der Waals surface area contributed by atoms with Crippen molar-refractivity contribution >= 4 is 10.9 Å². The van der Waals surface area contributed by atoms with Crippen LogP contribution in [0.3, 0.4) is 0 Å². The molecule has 0 aliphatic carbocycles. The van der Waals surface area contributed by atoms with Crippen molar-refractivity contribution in [2.45, 2.75) is 19.5 Å². The number of methoxy groups -OCH3 is 1. The van der Waals surface area contributed by atoms with Crippen LogP contribution in [0.25, 0.3) is 22.2 Å². The molecule has 0 fully saturated rings. The van der Waals surface area contributed by atoms with Gasteiger partial charge in [0, 0.05) is 29.9 Å². The van der Waals surface area contributed by atoms with Crippen LogP contribution in [0, 0.1) is 11.3 Å². The molecule has 2 N–H and O–H groups in total. The molecule has 0 atom stereocenters. The monoisotopic (exact) mass is 445 g/mol. The highest BCUT2D eigenvalue weighted by molar-refractivity contribution is 5.81. The maximum Gasteiger partial charge on any atom is 0.150 e. The van der Waals surface area contributed by atoms with Gasteiger partial charge in [0.05, 0.1) is 32.7 Å². The average molecular weight is 446 g/mol. The molecule has 8 nitrogen and oxygen atoms in total. The zero-order chi connectivity index (χ0) is 23.2. The van der Waals surface area contributed by atoms with Crippen LogP contribution in [0.1, 0.15) is 23.4 Å². The molecule has 0 spiro atoms. The van der Waals surface area contributed by atoms with Gasteiger partial charge in [0.1, 0.15) is 23.2 Å². The highest BCUT2D eigenvalue weighted by Crippen LogP contribution is 2.24. The number of nitrogens with one attached hydrogen (secondary N) is 2. The molecule has 0 amide bonds. The second-order valence-corrected chi connectivity index (χ2v) is 7.69. The average Bonchev–Trinajstić information content (AvgIpc) is 3.45. The summed E-state index contributed by atoms with van der Waals surface area (Å²) in [5.74, 6) is 0.549. The van der Waals surface area contributed by atoms with Crippen molar-refractivity contribution in [3.8, 4) is 23.1 Å². The Morgan fingerprint density at radius 2 is 2.21 bits per heavy atom. The fourth-order valence-electron chi connectivity index (χ4n) is 3.55. The first-order valence-electron chi connectivity index (χ1n) is 10.5. The standard InChI is InChI=1S/C24H24FN7O/c1-16(5-6-25)11-27-12-19-8-18-4-3-17(7-22(18)29-19)14-32-15-24(30-31-32)21-9-20(33-2)13-28-23(21)10-26/h3-4,7-9,13,15,27,29H,1,5-6,11-12,14H2,2H3. The van der Waals surface area contributed by atoms with Crippen LogP contribution >= 0.6 is 0 Å². The van der Waals surface area contributed by atoms with E-state index in [-0.39, 0.29) is 12.4 Å². The van der Waals surface area contributed by atoms with Gasteiger partial charge in [-0.05, 0) is 35.6 Å². The molecule has 0 saturated carbocycles. The van der Waals surface area contributed by atoms with Gasteiger partial charge in [0.25, 0.3) is 0 Å². The first-order valence-corrected chi connectivity index (χ1v) is 10.5. The Kier molecular flexibility index (Phi) is 6.76. The number of pyridine rings is 1. The van der Waals surface area contributed by atoms with E-state index >= 15 is 0 Å². The smallest absolute Gasteiger partial charge is 0.150 e. The number of halogens is 1. The molecule has 0 unspecified atom stereocenters. The summed E-state index contributed by atoms with van der Waals surface area (Å²) in [6.45, 7) is 5.25. The highest BCUT2D eigenvalue weighted by atomic mass is 19.1. The molecule has 0 radical (unpaired) electrons. The lowest BCUT2D eigenvalue weighted by Gasteiger charge is -2.04. The summed E-state index contributed by atoms with van der Waals surface area (Å²) in [4.78, 5) is 7.54. The van der Waals surface area contributed by atoms with Crippen molar-refractivity contribution in [3.05, 3.63) is 71.8 Å². The van der Waals surface area contributed by atoms with Crippen molar-refractivity contribution in [3.63, 3.8) is 0 Å². The van der Waals surface area contributed by atoms with Crippen molar-refractivity contribution in [2.75, 3.05) is 20.3 Å². The molecular formula is C24H24FN7O. The Bertz CT molecular complexity index is 1320. The van der Waals surface area contributed by atoms with Crippen LogP contribution in [0.2, 0.25) is 0 Å². The molecule has 0 aliphatic heterocycles. The Morgan fingerprint density at radius 3 is 3.00 bits per heavy atom. The minimum absolute atomic E-state index is 0.269. The van der Waals surface area contributed by atoms with E-state index in [4.69, 9.17) is 4.74 Å². The number of H-pyrrole nitrogens is 1. The second-order valence-electron chi connectivity index (χ2n) is 7.69. The Labute approximate surface area is 190 Å². The minimum atomic E-state index is -0.376. The summed E-state index contributed by atoms with van der Waals surface area (Å²) >= 11 is 0. The third kappa shape index (κ3) is 5.25. The van der Waals surface area contributed by atoms with Crippen LogP contribution < -0.4 is 10.1 Å². The number of benzene rings is 1. The molecule has 9 heteroatoms. The van der Waals surface area contributed by atoms with Gasteiger partial charge in [0.2, 0.25) is 0 Å². The van der Waals surface area contributed by atoms with Gasteiger partial charge >= 0.3 is 0 Å². The zero-order valence-electron chi connectivity index (χ0n) is 18.3. The normalized spacial score (nSPS) is 10.9. The number of alkyl halides is 1. The van der Waals surface area contributed by atoms with Gasteiger partial charge in [-0.25, -0.2) is 9.67 Å². The zero-order valence-corrected chi connectivity index (χ0v) is 18.3. The number of nitriles is 1. The van der Waals surface area contributed by atoms with E-state index in [9.17, 15) is 9.65 Å². The molecule has 0 aliphatic rings. The van der Waals surface area contributed by atoms with Crippen molar-refractivity contribution in [1.82, 2.24) is 30.3 Å². The second kappa shape index (κ2) is 10.1. The molecule has 3 aromatic heterocycles. The maximum absolute atomic E-state index is 12.4. The molecule has 4 rings (SSSR count). The molecule has 0 saturated heterocycles. The van der Waals surface area contributed by atoms with Crippen LogP contribution in [0.15, 0.2) is 54.9 Å². The molecule has 1 aromatic carbocycles. The van der Waals surface area contributed by atoms with E-state index in [0.717, 1.165) is 27.7 Å². The first-order chi connectivity index (χ1) is 16.1. The van der Waals surface area contributed by atoms with E-state index in [1.165, 1.54) is 6.20 Å². The number of hydrogen-bond acceptors (Lipinski definition) is 6. The lowest BCUT2D eigenvalue weighted by molar-refractivity contribution is 0.413. The quantitative estimate of drug-likeness (QED) is 0.360. The Balaban J connectivity index is 1.46. The number of aromatic nitrogens is 5. The summed E-state index contributed by atoms with van der Waals surface area (Å²) in [5, 5.41) is 22.2. The highest BCUT2D eigenvalue weighted by Gasteiger charge is 2.13. The van der Waals surface area contributed by atoms with Gasteiger partial charge in [0.15, 0.2) is 0 Å². The predicted molar refractivity (Wildman–Crippen MR) is 123 cm³/mol. The molecular weight excluding hydrogens is 421 g/mol. The summed E-state index contributed by atoms with van der Waals surface area (Å²) < 4.78 is 19.3. The van der Waals surface area contributed by atoms with Gasteiger partial charge < -0.3 is 15.0 Å². The molecule has 4 aromatic rings. The SMILES string of the molecule is C=C(CCF)CNCc1cc2ccc(Cn3cc(-c4cc(OC)cnc4C#N)nn3)cc2[nH]1. The van der Waals surface area contributed by atoms with Gasteiger partial charge in [-0.3, -0.25) is 4.39 Å². The number of aromatic amines is 1. The minimum Gasteiger partial charge on any atom is -0.495 e. The van der Waals surface area contributed by atoms with Crippen molar-refractivity contribution < 1.29 is 9.13 Å². The fourth-order valence-corrected chi connectivity index (χ4v) is 3.55.